The first-order valence-corrected chi connectivity index (χ1v) is 11.9. The van der Waals surface area contributed by atoms with Gasteiger partial charge in [0.2, 0.25) is 0 Å². The molecular weight excluding hydrogens is 430 g/mol. The molecular formula is C20H34Na2O7S. The number of hydrogen-bond acceptors (Lipinski definition) is 6. The summed E-state index contributed by atoms with van der Waals surface area (Å²) in [5.74, 6) is -3.85. The third kappa shape index (κ3) is 20.5. The second-order valence-electron chi connectivity index (χ2n) is 7.21. The van der Waals surface area contributed by atoms with Crippen molar-refractivity contribution in [1.29, 1.82) is 0 Å². The largest absolute Gasteiger partial charge is 1.00 e. The fourth-order valence-corrected chi connectivity index (χ4v) is 3.66. The van der Waals surface area contributed by atoms with E-state index in [1.165, 1.54) is 38.5 Å². The Labute approximate surface area is 225 Å². The Morgan fingerprint density at radius 3 is 1.33 bits per heavy atom. The van der Waals surface area contributed by atoms with E-state index in [0.29, 0.717) is 6.42 Å². The summed E-state index contributed by atoms with van der Waals surface area (Å²) in [6, 6.07) is 0. The first-order valence-electron chi connectivity index (χ1n) is 10.3. The van der Waals surface area contributed by atoms with Crippen molar-refractivity contribution >= 4 is 22.1 Å². The van der Waals surface area contributed by atoms with Gasteiger partial charge in [-0.15, -0.1) is 0 Å². The Kier molecular flexibility index (Phi) is 25.1. The summed E-state index contributed by atoms with van der Waals surface area (Å²) >= 11 is 0. The minimum absolute atomic E-state index is 0. The molecule has 0 atom stereocenters. The number of carboxylic acids is 2. The van der Waals surface area contributed by atoms with Gasteiger partial charge < -0.3 is 19.8 Å². The summed E-state index contributed by atoms with van der Waals surface area (Å²) < 4.78 is 30.1. The summed E-state index contributed by atoms with van der Waals surface area (Å²) in [5.41, 5.74) is -0.790. The maximum Gasteiger partial charge on any atom is 1.00 e. The summed E-state index contributed by atoms with van der Waals surface area (Å²) in [7, 11) is -4.23. The van der Waals surface area contributed by atoms with Crippen LogP contribution < -0.4 is 69.3 Å². The number of carboxylic acid groups (broad SMARTS) is 2. The molecule has 0 aliphatic carbocycles. The van der Waals surface area contributed by atoms with Crippen LogP contribution in [-0.2, 0) is 19.7 Å². The summed E-state index contributed by atoms with van der Waals surface area (Å²) in [4.78, 5) is 22.5. The second kappa shape index (κ2) is 21.4. The zero-order valence-electron chi connectivity index (χ0n) is 18.9. The first-order chi connectivity index (χ1) is 13.2. The topological polar surface area (TPSA) is 135 Å². The maximum absolute atomic E-state index is 11.3. The normalized spacial score (nSPS) is 11.8. The van der Waals surface area contributed by atoms with Gasteiger partial charge in [-0.1, -0.05) is 71.1 Å². The fourth-order valence-electron chi connectivity index (χ4n) is 3.15. The molecule has 30 heavy (non-hydrogen) atoms. The summed E-state index contributed by atoms with van der Waals surface area (Å²) in [6.45, 7) is 2.19. The van der Waals surface area contributed by atoms with E-state index in [1.807, 2.05) is 0 Å². The van der Waals surface area contributed by atoms with Gasteiger partial charge in [-0.3, -0.25) is 4.55 Å². The fraction of sp³-hybridized carbons (Fsp3) is 0.800. The summed E-state index contributed by atoms with van der Waals surface area (Å²) in [5, 5.41) is 22.5. The number of carbonyl (C=O) groups is 2. The molecule has 0 aliphatic heterocycles. The SMILES string of the molecule is CCCCCCCCCCCCC/C(C(=O)[O-])=C(\CCCS(=O)(=O)O)C(=O)[O-].[Na+].[Na+]. The van der Waals surface area contributed by atoms with Crippen molar-refractivity contribution in [3.05, 3.63) is 11.1 Å². The molecule has 0 spiro atoms. The van der Waals surface area contributed by atoms with Gasteiger partial charge in [-0.2, -0.15) is 8.42 Å². The van der Waals surface area contributed by atoms with Crippen molar-refractivity contribution in [1.82, 2.24) is 0 Å². The number of carbonyl (C=O) groups excluding carboxylic acids is 2. The van der Waals surface area contributed by atoms with E-state index in [9.17, 15) is 28.2 Å². The van der Waals surface area contributed by atoms with Gasteiger partial charge in [-0.05, 0) is 36.8 Å². The van der Waals surface area contributed by atoms with Crippen LogP contribution in [0.4, 0.5) is 0 Å². The third-order valence-corrected chi connectivity index (χ3v) is 5.52. The summed E-state index contributed by atoms with van der Waals surface area (Å²) in [6.07, 6.45) is 11.6. The predicted molar refractivity (Wildman–Crippen MR) is 104 cm³/mol. The molecule has 1 N–H and O–H groups in total. The van der Waals surface area contributed by atoms with E-state index in [4.69, 9.17) is 4.55 Å². The number of aliphatic carboxylic acids is 2. The van der Waals surface area contributed by atoms with Crippen LogP contribution in [0.15, 0.2) is 11.1 Å². The van der Waals surface area contributed by atoms with Crippen molar-refractivity contribution < 1.29 is 91.9 Å². The Hall–Kier alpha value is 0.590. The van der Waals surface area contributed by atoms with Crippen LogP contribution in [0, 0.1) is 0 Å². The van der Waals surface area contributed by atoms with Crippen molar-refractivity contribution in [2.75, 3.05) is 5.75 Å². The molecule has 0 aromatic rings. The van der Waals surface area contributed by atoms with E-state index in [1.54, 1.807) is 0 Å². The molecule has 0 aromatic carbocycles. The van der Waals surface area contributed by atoms with Crippen LogP contribution in [-0.4, -0.2) is 30.7 Å². The third-order valence-electron chi connectivity index (χ3n) is 4.72. The van der Waals surface area contributed by atoms with Crippen molar-refractivity contribution in [2.45, 2.75) is 96.8 Å². The van der Waals surface area contributed by atoms with Crippen LogP contribution in [0.3, 0.4) is 0 Å². The smallest absolute Gasteiger partial charge is 0.545 e. The van der Waals surface area contributed by atoms with Gasteiger partial charge in [0.1, 0.15) is 0 Å². The van der Waals surface area contributed by atoms with Crippen LogP contribution in [0.2, 0.25) is 0 Å². The van der Waals surface area contributed by atoms with E-state index in [-0.39, 0.29) is 84.0 Å². The first kappa shape index (κ1) is 35.2. The van der Waals surface area contributed by atoms with Gasteiger partial charge in [0, 0.05) is 0 Å². The quantitative estimate of drug-likeness (QED) is 0.0950. The molecule has 7 nitrogen and oxygen atoms in total. The molecule has 0 unspecified atom stereocenters. The molecule has 0 heterocycles. The standard InChI is InChI=1S/C20H36O7S.2Na/c1-2-3-4-5-6-7-8-9-10-11-12-14-17(19(21)22)18(20(23)24)15-13-16-28(25,26)27;;/h2-16H2,1H3,(H,21,22)(H,23,24)(H,25,26,27);;/q;2*+1/p-2/b18-17-;;. The van der Waals surface area contributed by atoms with E-state index in [0.717, 1.165) is 25.7 Å². The van der Waals surface area contributed by atoms with Crippen LogP contribution in [0.25, 0.3) is 0 Å². The average Bonchev–Trinajstić information content (AvgIpc) is 2.59. The zero-order valence-corrected chi connectivity index (χ0v) is 23.7. The van der Waals surface area contributed by atoms with E-state index in [2.05, 4.69) is 6.92 Å². The molecule has 0 aliphatic rings. The molecule has 0 radical (unpaired) electrons. The van der Waals surface area contributed by atoms with Crippen molar-refractivity contribution in [3.63, 3.8) is 0 Å². The van der Waals surface area contributed by atoms with Gasteiger partial charge in [0.25, 0.3) is 10.1 Å². The van der Waals surface area contributed by atoms with Crippen LogP contribution >= 0.6 is 0 Å². The molecule has 0 aromatic heterocycles. The Bertz CT molecular complexity index is 604. The Balaban J connectivity index is -0.00000364. The number of rotatable bonds is 18. The predicted octanol–water partition coefficient (Wildman–Crippen LogP) is -3.84. The van der Waals surface area contributed by atoms with Gasteiger partial charge >= 0.3 is 59.1 Å². The Morgan fingerprint density at radius 2 is 1.00 bits per heavy atom. The van der Waals surface area contributed by atoms with Crippen molar-refractivity contribution in [3.8, 4) is 0 Å². The minimum atomic E-state index is -4.23. The molecule has 0 saturated heterocycles. The Morgan fingerprint density at radius 1 is 0.667 bits per heavy atom. The van der Waals surface area contributed by atoms with Crippen molar-refractivity contribution in [2.24, 2.45) is 0 Å². The second-order valence-corrected chi connectivity index (χ2v) is 8.78. The van der Waals surface area contributed by atoms with Crippen LogP contribution in [0.1, 0.15) is 96.8 Å². The molecule has 10 heteroatoms. The van der Waals surface area contributed by atoms with Gasteiger partial charge in [-0.25, -0.2) is 0 Å². The van der Waals surface area contributed by atoms with Crippen LogP contribution in [0.5, 0.6) is 0 Å². The number of unbranched alkanes of at least 4 members (excludes halogenated alkanes) is 10. The van der Waals surface area contributed by atoms with Gasteiger partial charge in [0.05, 0.1) is 17.7 Å². The zero-order chi connectivity index (χ0) is 21.4. The van der Waals surface area contributed by atoms with Gasteiger partial charge in [0.15, 0.2) is 0 Å². The number of hydrogen-bond donors (Lipinski definition) is 1. The molecule has 0 bridgehead atoms. The minimum Gasteiger partial charge on any atom is -0.545 e. The molecule has 0 rings (SSSR count). The molecule has 164 valence electrons. The van der Waals surface area contributed by atoms with E-state index < -0.39 is 33.4 Å². The molecule has 0 amide bonds. The van der Waals surface area contributed by atoms with E-state index >= 15 is 0 Å². The molecule has 0 fully saturated rings. The molecule has 0 saturated carbocycles. The average molecular weight is 465 g/mol. The monoisotopic (exact) mass is 464 g/mol. The maximum atomic E-state index is 11.3.